The van der Waals surface area contributed by atoms with E-state index in [1.807, 2.05) is 93.9 Å². The number of rotatable bonds is 32. The van der Waals surface area contributed by atoms with E-state index in [-0.39, 0.29) is 69.3 Å². The molecule has 462 valence electrons. The average molecular weight is 1230 g/mol. The smallest absolute Gasteiger partial charge is 0.246 e. The normalized spacial score (nSPS) is 16.1. The summed E-state index contributed by atoms with van der Waals surface area (Å²) in [5.41, 5.74) is 7.63. The summed E-state index contributed by atoms with van der Waals surface area (Å²) in [6.45, 7) is 16.0. The van der Waals surface area contributed by atoms with Gasteiger partial charge in [-0.2, -0.15) is 0 Å². The fraction of sp³-hybridized carbons (Fsp3) is 0.532. The molecular weight excluding hydrogens is 1150 g/mol. The molecule has 0 unspecified atom stereocenters. The number of carbonyl (C=O) groups excluding carboxylic acids is 4. The minimum absolute atomic E-state index is 0.0113. The maximum Gasteiger partial charge on any atom is 0.246 e. The molecule has 3 aromatic carbocycles. The molecule has 23 heteroatoms. The Morgan fingerprint density at radius 2 is 1.44 bits per heavy atom. The maximum absolute atomic E-state index is 14.0. The van der Waals surface area contributed by atoms with Gasteiger partial charge in [-0.3, -0.25) is 19.2 Å². The molecule has 2 aliphatic rings. The second-order valence-electron chi connectivity index (χ2n) is 22.7. The number of aliphatic hydroxyl groups excluding tert-OH is 1. The summed E-state index contributed by atoms with van der Waals surface area (Å²) in [5, 5.41) is 20.8. The minimum atomic E-state index is -2.50. The molecule has 3 atom stereocenters. The number of halogens is 1. The molecule has 20 nitrogen and oxygen atoms in total. The number of β-amino-alcohol motifs (C(OH)–C–C–N with tert-alkyl or cyclic N) is 1. The standard InChI is InChI=1S/C62H84ClN8O12PS/c1-42-58(85-41-66-42)44-14-12-43(13-15-44)38-65-60(75)52-37-49(72)40-71(52)61(76)59(62(2,3)4)69-57(74)21-25-80-27-29-82-31-33-83-32-30-81-28-26-79-24-20-56(73)67-47-18-22-70(23-19-47)48-17-16-45(53(36-48)78-5)35-55-64-39-50(63)51(68-55)34-46-10-8-9-11-54(46)84(6,7)77/h8-17,36,39,41,47,49,52,59,72H,18-35,37-38,40H2,1-7H3,(H,65,75)(H,67,73)(H,69,74)/t49-,52+,59-/m1/s1. The number of nitrogens with zero attached hydrogens (tertiary/aromatic N) is 5. The Balaban J connectivity index is 0.676. The van der Waals surface area contributed by atoms with E-state index in [1.165, 1.54) is 4.90 Å². The van der Waals surface area contributed by atoms with Crippen molar-refractivity contribution in [1.82, 2.24) is 35.8 Å². The van der Waals surface area contributed by atoms with E-state index < -0.39 is 36.7 Å². The van der Waals surface area contributed by atoms with Crippen LogP contribution in [0.1, 0.15) is 86.8 Å². The highest BCUT2D eigenvalue weighted by atomic mass is 35.5. The highest BCUT2D eigenvalue weighted by Gasteiger charge is 2.44. The van der Waals surface area contributed by atoms with Crippen LogP contribution >= 0.6 is 30.1 Å². The molecule has 0 saturated carbocycles. The number of thiazole rings is 1. The Morgan fingerprint density at radius 3 is 2.04 bits per heavy atom. The van der Waals surface area contributed by atoms with Crippen LogP contribution in [0.2, 0.25) is 5.02 Å². The number of piperidine rings is 1. The molecule has 7 rings (SSSR count). The fourth-order valence-electron chi connectivity index (χ4n) is 10.2. The number of aliphatic hydroxyl groups is 1. The van der Waals surface area contributed by atoms with Crippen LogP contribution < -0.4 is 30.9 Å². The molecular formula is C62H84ClN8O12PS. The number of aromatic nitrogens is 3. The zero-order valence-corrected chi connectivity index (χ0v) is 52.5. The van der Waals surface area contributed by atoms with Crippen LogP contribution in [0.3, 0.4) is 0 Å². The molecule has 0 radical (unpaired) electrons. The van der Waals surface area contributed by atoms with E-state index in [2.05, 4.69) is 36.9 Å². The molecule has 4 amide bonds. The lowest BCUT2D eigenvalue weighted by Gasteiger charge is -2.35. The Bertz CT molecular complexity index is 3020. The van der Waals surface area contributed by atoms with Gasteiger partial charge in [-0.1, -0.05) is 87.0 Å². The second-order valence-corrected chi connectivity index (χ2v) is 27.2. The summed E-state index contributed by atoms with van der Waals surface area (Å²) in [6.07, 6.45) is 3.65. The average Bonchev–Trinajstić information content (AvgIpc) is 4.17. The van der Waals surface area contributed by atoms with Gasteiger partial charge in [-0.25, -0.2) is 15.0 Å². The number of aryl methyl sites for hydroxylation is 1. The van der Waals surface area contributed by atoms with Crippen LogP contribution in [0.15, 0.2) is 78.4 Å². The Labute approximate surface area is 508 Å². The molecule has 2 saturated heterocycles. The van der Waals surface area contributed by atoms with Gasteiger partial charge in [0.15, 0.2) is 0 Å². The zero-order chi connectivity index (χ0) is 60.9. The predicted molar refractivity (Wildman–Crippen MR) is 330 cm³/mol. The maximum atomic E-state index is 14.0. The van der Waals surface area contributed by atoms with Crippen LogP contribution in [0, 0.1) is 12.3 Å². The molecule has 5 aromatic rings. The van der Waals surface area contributed by atoms with Gasteiger partial charge in [0.1, 0.15) is 30.8 Å². The van der Waals surface area contributed by atoms with E-state index in [9.17, 15) is 28.8 Å². The van der Waals surface area contributed by atoms with Crippen molar-refractivity contribution in [3.05, 3.63) is 117 Å². The Hall–Kier alpha value is -5.87. The lowest BCUT2D eigenvalue weighted by Crippen LogP contribution is -2.57. The van der Waals surface area contributed by atoms with Crippen molar-refractivity contribution in [3.63, 3.8) is 0 Å². The first-order valence-electron chi connectivity index (χ1n) is 29.1. The van der Waals surface area contributed by atoms with Crippen LogP contribution in [-0.4, -0.2) is 179 Å². The van der Waals surface area contributed by atoms with Gasteiger partial charge < -0.3 is 63.8 Å². The van der Waals surface area contributed by atoms with Crippen molar-refractivity contribution >= 4 is 64.7 Å². The van der Waals surface area contributed by atoms with Crippen LogP contribution in [0.4, 0.5) is 5.69 Å². The van der Waals surface area contributed by atoms with Crippen LogP contribution in [0.5, 0.6) is 5.75 Å². The quantitative estimate of drug-likeness (QED) is 0.0257. The zero-order valence-electron chi connectivity index (χ0n) is 50.1. The highest BCUT2D eigenvalue weighted by Crippen LogP contribution is 2.37. The molecule has 0 spiro atoms. The fourth-order valence-corrected chi connectivity index (χ4v) is 12.4. The highest BCUT2D eigenvalue weighted by molar-refractivity contribution is 7.70. The number of carbonyl (C=O) groups is 4. The Morgan fingerprint density at radius 1 is 0.812 bits per heavy atom. The first-order chi connectivity index (χ1) is 40.8. The lowest BCUT2D eigenvalue weighted by molar-refractivity contribution is -0.144. The minimum Gasteiger partial charge on any atom is -0.496 e. The largest absolute Gasteiger partial charge is 0.496 e. The Kier molecular flexibility index (Phi) is 25.7. The summed E-state index contributed by atoms with van der Waals surface area (Å²) in [4.78, 5) is 71.6. The van der Waals surface area contributed by atoms with Gasteiger partial charge >= 0.3 is 0 Å². The SMILES string of the molecule is COc1cc(N2CCC(NC(=O)CCOCCOCCOCCOCCOCCC(=O)N[C@H](C(=O)N3C[C@H](O)C[C@H]3C(=O)NCc3ccc(-c4scnc4C)cc3)C(C)(C)C)CC2)ccc1Cc1ncc(Cl)c(Cc2ccccc2P(C)(C)=O)n1. The molecule has 0 aliphatic carbocycles. The first-order valence-corrected chi connectivity index (χ1v) is 32.9. The van der Waals surface area contributed by atoms with E-state index >= 15 is 0 Å². The molecule has 2 aliphatic heterocycles. The monoisotopic (exact) mass is 1230 g/mol. The molecule has 0 bridgehead atoms. The van der Waals surface area contributed by atoms with Gasteiger partial charge in [0, 0.05) is 93.1 Å². The predicted octanol–water partition coefficient (Wildman–Crippen LogP) is 6.76. The van der Waals surface area contributed by atoms with Crippen molar-refractivity contribution in [2.24, 2.45) is 5.41 Å². The van der Waals surface area contributed by atoms with Crippen LogP contribution in [0.25, 0.3) is 10.4 Å². The summed E-state index contributed by atoms with van der Waals surface area (Å²) < 4.78 is 46.8. The van der Waals surface area contributed by atoms with Gasteiger partial charge in [0.2, 0.25) is 23.6 Å². The number of hydrogen-bond donors (Lipinski definition) is 4. The van der Waals surface area contributed by atoms with E-state index in [1.54, 1.807) is 38.0 Å². The van der Waals surface area contributed by atoms with E-state index in [0.717, 1.165) is 75.5 Å². The van der Waals surface area contributed by atoms with Gasteiger partial charge in [-0.05, 0) is 61.3 Å². The number of likely N-dealkylation sites (tertiary alicyclic amines) is 1. The van der Waals surface area contributed by atoms with Crippen molar-refractivity contribution in [2.75, 3.05) is 111 Å². The summed E-state index contributed by atoms with van der Waals surface area (Å²) >= 11 is 8.13. The third kappa shape index (κ3) is 20.6. The van der Waals surface area contributed by atoms with Crippen molar-refractivity contribution < 1.29 is 57.3 Å². The van der Waals surface area contributed by atoms with Crippen molar-refractivity contribution in [2.45, 2.75) is 103 Å². The molecule has 4 N–H and O–H groups in total. The van der Waals surface area contributed by atoms with Crippen LogP contribution in [-0.2, 0) is 66.8 Å². The molecule has 85 heavy (non-hydrogen) atoms. The number of nitrogens with one attached hydrogen (secondary N) is 3. The summed E-state index contributed by atoms with van der Waals surface area (Å²) in [5.74, 6) is 0.140. The van der Waals surface area contributed by atoms with E-state index in [4.69, 9.17) is 45.0 Å². The first kappa shape index (κ1) is 66.7. The van der Waals surface area contributed by atoms with Crippen molar-refractivity contribution in [3.8, 4) is 16.2 Å². The molecule has 2 fully saturated rings. The number of amides is 4. The van der Waals surface area contributed by atoms with Gasteiger partial charge in [0.05, 0.1) is 106 Å². The summed E-state index contributed by atoms with van der Waals surface area (Å²) in [7, 11) is -0.841. The lowest BCUT2D eigenvalue weighted by atomic mass is 9.85. The number of ether oxygens (including phenoxy) is 6. The van der Waals surface area contributed by atoms with Crippen molar-refractivity contribution in [1.29, 1.82) is 0 Å². The number of methoxy groups -OCH3 is 1. The third-order valence-corrected chi connectivity index (χ3v) is 17.7. The molecule has 2 aromatic heterocycles. The topological polar surface area (TPSA) is 242 Å². The molecule has 4 heterocycles. The second kappa shape index (κ2) is 32.8. The number of hydrogen-bond acceptors (Lipinski definition) is 17. The number of benzene rings is 3. The number of anilines is 1. The van der Waals surface area contributed by atoms with Gasteiger partial charge in [-0.15, -0.1) is 11.3 Å². The van der Waals surface area contributed by atoms with E-state index in [0.29, 0.717) is 82.2 Å². The third-order valence-electron chi connectivity index (χ3n) is 14.8. The van der Waals surface area contributed by atoms with Gasteiger partial charge in [0.25, 0.3) is 0 Å². The summed E-state index contributed by atoms with van der Waals surface area (Å²) in [6, 6.07) is 20.0.